The zero-order valence-corrected chi connectivity index (χ0v) is 14.4. The fourth-order valence-corrected chi connectivity index (χ4v) is 2.16. The van der Waals surface area contributed by atoms with Crippen LogP contribution in [0.2, 0.25) is 5.02 Å². The van der Waals surface area contributed by atoms with E-state index in [4.69, 9.17) is 16.3 Å². The van der Waals surface area contributed by atoms with Crippen LogP contribution >= 0.6 is 11.6 Å². The minimum atomic E-state index is -0.377. The van der Waals surface area contributed by atoms with Gasteiger partial charge in [-0.15, -0.1) is 10.2 Å². The smallest absolute Gasteiger partial charge is 0.275 e. The summed E-state index contributed by atoms with van der Waals surface area (Å²) in [5.41, 5.74) is 1.71. The Morgan fingerprint density at radius 3 is 2.62 bits per heavy atom. The van der Waals surface area contributed by atoms with E-state index in [0.717, 1.165) is 0 Å². The van der Waals surface area contributed by atoms with Crippen LogP contribution in [0.1, 0.15) is 10.5 Å². The van der Waals surface area contributed by atoms with E-state index in [1.165, 1.54) is 31.9 Å². The average molecular weight is 369 g/mol. The zero-order valence-electron chi connectivity index (χ0n) is 13.6. The second kappa shape index (κ2) is 8.13. The summed E-state index contributed by atoms with van der Waals surface area (Å²) in [7, 11) is 1.50. The van der Waals surface area contributed by atoms with Crippen molar-refractivity contribution in [2.45, 2.75) is 0 Å². The molecule has 0 unspecified atom stereocenters. The molecular formula is C17H13ClN6O2. The summed E-state index contributed by atoms with van der Waals surface area (Å²) in [4.78, 5) is 23.8. The molecule has 1 aromatic carbocycles. The molecule has 3 rings (SSSR count). The van der Waals surface area contributed by atoms with Gasteiger partial charge in [0.05, 0.1) is 18.3 Å². The first kappa shape index (κ1) is 17.4. The summed E-state index contributed by atoms with van der Waals surface area (Å²) >= 11 is 6.00. The molecule has 0 spiro atoms. The molecule has 8 nitrogen and oxygen atoms in total. The van der Waals surface area contributed by atoms with Crippen molar-refractivity contribution in [2.24, 2.45) is 10.2 Å². The Labute approximate surface area is 154 Å². The first-order chi connectivity index (χ1) is 12.7. The maximum atomic E-state index is 12.1. The SMILES string of the molecule is COc1cc(NC(=O)c2cnccn2)ccc1N=Nc1ccncc1Cl. The quantitative estimate of drug-likeness (QED) is 0.680. The molecule has 1 N–H and O–H groups in total. The van der Waals surface area contributed by atoms with Crippen molar-refractivity contribution in [3.63, 3.8) is 0 Å². The van der Waals surface area contributed by atoms with E-state index in [-0.39, 0.29) is 11.6 Å². The molecule has 0 fully saturated rings. The molecule has 130 valence electrons. The van der Waals surface area contributed by atoms with Crippen LogP contribution in [-0.2, 0) is 0 Å². The van der Waals surface area contributed by atoms with Gasteiger partial charge in [0.2, 0.25) is 0 Å². The third kappa shape index (κ3) is 4.17. The fourth-order valence-electron chi connectivity index (χ4n) is 2.01. The van der Waals surface area contributed by atoms with E-state index < -0.39 is 0 Å². The predicted octanol–water partition coefficient (Wildman–Crippen LogP) is 4.20. The van der Waals surface area contributed by atoms with E-state index in [0.29, 0.717) is 27.8 Å². The lowest BCUT2D eigenvalue weighted by atomic mass is 10.2. The number of benzene rings is 1. The number of carbonyl (C=O) groups excluding carboxylic acids is 1. The van der Waals surface area contributed by atoms with Crippen LogP contribution in [0.3, 0.4) is 0 Å². The summed E-state index contributed by atoms with van der Waals surface area (Å²) in [6.07, 6.45) is 7.38. The molecule has 26 heavy (non-hydrogen) atoms. The molecule has 0 saturated carbocycles. The minimum absolute atomic E-state index is 0.211. The van der Waals surface area contributed by atoms with Crippen LogP contribution in [-0.4, -0.2) is 28.0 Å². The van der Waals surface area contributed by atoms with Crippen molar-refractivity contribution in [3.8, 4) is 5.75 Å². The predicted molar refractivity (Wildman–Crippen MR) is 96.4 cm³/mol. The molecule has 0 aliphatic rings. The van der Waals surface area contributed by atoms with E-state index in [1.807, 2.05) is 0 Å². The Morgan fingerprint density at radius 2 is 1.88 bits per heavy atom. The van der Waals surface area contributed by atoms with Crippen molar-refractivity contribution in [3.05, 3.63) is 66.0 Å². The second-order valence-corrected chi connectivity index (χ2v) is 5.37. The Bertz CT molecular complexity index is 949. The maximum Gasteiger partial charge on any atom is 0.275 e. The largest absolute Gasteiger partial charge is 0.494 e. The lowest BCUT2D eigenvalue weighted by Crippen LogP contribution is -2.13. The molecule has 0 radical (unpaired) electrons. The minimum Gasteiger partial charge on any atom is -0.494 e. The number of methoxy groups -OCH3 is 1. The third-order valence-electron chi connectivity index (χ3n) is 3.25. The van der Waals surface area contributed by atoms with Crippen molar-refractivity contribution in [1.29, 1.82) is 0 Å². The van der Waals surface area contributed by atoms with E-state index >= 15 is 0 Å². The lowest BCUT2D eigenvalue weighted by Gasteiger charge is -2.08. The number of amides is 1. The third-order valence-corrected chi connectivity index (χ3v) is 3.54. The number of nitrogens with one attached hydrogen (secondary N) is 1. The van der Waals surface area contributed by atoms with Gasteiger partial charge in [0.15, 0.2) is 0 Å². The summed E-state index contributed by atoms with van der Waals surface area (Å²) in [6, 6.07) is 6.63. The Kier molecular flexibility index (Phi) is 5.45. The molecule has 2 heterocycles. The Balaban J connectivity index is 1.80. The van der Waals surface area contributed by atoms with Crippen molar-refractivity contribution < 1.29 is 9.53 Å². The van der Waals surface area contributed by atoms with Crippen molar-refractivity contribution >= 4 is 34.6 Å². The van der Waals surface area contributed by atoms with Gasteiger partial charge in [-0.25, -0.2) is 4.98 Å². The second-order valence-electron chi connectivity index (χ2n) is 4.96. The van der Waals surface area contributed by atoms with Gasteiger partial charge in [-0.2, -0.15) is 0 Å². The van der Waals surface area contributed by atoms with Crippen LogP contribution in [0, 0.1) is 0 Å². The van der Waals surface area contributed by atoms with Gasteiger partial charge >= 0.3 is 0 Å². The molecule has 9 heteroatoms. The number of halogens is 1. The Hall–Kier alpha value is -3.39. The monoisotopic (exact) mass is 368 g/mol. The zero-order chi connectivity index (χ0) is 18.4. The highest BCUT2D eigenvalue weighted by Crippen LogP contribution is 2.33. The van der Waals surface area contributed by atoms with E-state index in [2.05, 4.69) is 30.5 Å². The van der Waals surface area contributed by atoms with Gasteiger partial charge in [0, 0.05) is 36.5 Å². The molecule has 0 bridgehead atoms. The normalized spacial score (nSPS) is 10.7. The van der Waals surface area contributed by atoms with Gasteiger partial charge in [-0.05, 0) is 18.2 Å². The molecule has 0 saturated heterocycles. The van der Waals surface area contributed by atoms with Gasteiger partial charge in [-0.3, -0.25) is 14.8 Å². The average Bonchev–Trinajstić information content (AvgIpc) is 2.68. The van der Waals surface area contributed by atoms with Gasteiger partial charge in [0.25, 0.3) is 5.91 Å². The number of rotatable bonds is 5. The molecule has 0 aliphatic heterocycles. The molecule has 0 atom stereocenters. The van der Waals surface area contributed by atoms with Gasteiger partial charge < -0.3 is 10.1 Å². The molecule has 2 aromatic heterocycles. The number of ether oxygens (including phenoxy) is 1. The number of hydrogen-bond acceptors (Lipinski definition) is 7. The number of anilines is 1. The summed E-state index contributed by atoms with van der Waals surface area (Å²) < 4.78 is 5.31. The van der Waals surface area contributed by atoms with E-state index in [9.17, 15) is 4.79 Å². The van der Waals surface area contributed by atoms with Crippen LogP contribution in [0.5, 0.6) is 5.75 Å². The fraction of sp³-hybridized carbons (Fsp3) is 0.0588. The number of carbonyl (C=O) groups is 1. The van der Waals surface area contributed by atoms with Gasteiger partial charge in [0.1, 0.15) is 22.8 Å². The molecule has 3 aromatic rings. The number of nitrogens with zero attached hydrogens (tertiary/aromatic N) is 5. The highest BCUT2D eigenvalue weighted by Gasteiger charge is 2.10. The number of pyridine rings is 1. The molecular weight excluding hydrogens is 356 g/mol. The highest BCUT2D eigenvalue weighted by molar-refractivity contribution is 6.32. The molecule has 1 amide bonds. The standard InChI is InChI=1S/C17H13ClN6O2/c1-26-16-8-11(22-17(25)15-10-20-6-7-21-15)2-3-14(16)24-23-13-4-5-19-9-12(13)18/h2-10H,1H3,(H,22,25). The van der Waals surface area contributed by atoms with Crippen LogP contribution < -0.4 is 10.1 Å². The van der Waals surface area contributed by atoms with Crippen LogP contribution in [0.15, 0.2) is 65.5 Å². The highest BCUT2D eigenvalue weighted by atomic mass is 35.5. The Morgan fingerprint density at radius 1 is 1.08 bits per heavy atom. The van der Waals surface area contributed by atoms with E-state index in [1.54, 1.807) is 30.5 Å². The first-order valence-corrected chi connectivity index (χ1v) is 7.82. The number of aromatic nitrogens is 3. The van der Waals surface area contributed by atoms with Crippen LogP contribution in [0.25, 0.3) is 0 Å². The first-order valence-electron chi connectivity index (χ1n) is 7.44. The maximum absolute atomic E-state index is 12.1. The topological polar surface area (TPSA) is 102 Å². The summed E-state index contributed by atoms with van der Waals surface area (Å²) in [5.74, 6) is 0.0639. The molecule has 0 aliphatic carbocycles. The number of hydrogen-bond donors (Lipinski definition) is 1. The summed E-state index contributed by atoms with van der Waals surface area (Å²) in [6.45, 7) is 0. The number of azo groups is 1. The van der Waals surface area contributed by atoms with Gasteiger partial charge in [-0.1, -0.05) is 11.6 Å². The van der Waals surface area contributed by atoms with Crippen molar-refractivity contribution in [2.75, 3.05) is 12.4 Å². The summed E-state index contributed by atoms with van der Waals surface area (Å²) in [5, 5.41) is 11.3. The lowest BCUT2D eigenvalue weighted by molar-refractivity contribution is 0.102. The van der Waals surface area contributed by atoms with Crippen LogP contribution in [0.4, 0.5) is 17.1 Å². The van der Waals surface area contributed by atoms with Crippen molar-refractivity contribution in [1.82, 2.24) is 15.0 Å².